The maximum Gasteiger partial charge on any atom is 0.257 e. The zero-order valence-corrected chi connectivity index (χ0v) is 13.0. The molecule has 1 N–H and O–H groups in total. The fraction of sp³-hybridized carbons (Fsp3) is 0. The molecule has 0 atom stereocenters. The third kappa shape index (κ3) is 3.38. The number of hydrogen-bond acceptors (Lipinski definition) is 2. The van der Waals surface area contributed by atoms with Crippen molar-refractivity contribution in [2.45, 2.75) is 0 Å². The summed E-state index contributed by atoms with van der Waals surface area (Å²) in [6.07, 6.45) is 1.71. The summed E-state index contributed by atoms with van der Waals surface area (Å²) in [4.78, 5) is 16.1. The van der Waals surface area contributed by atoms with Crippen LogP contribution in [0.5, 0.6) is 0 Å². The summed E-state index contributed by atoms with van der Waals surface area (Å²) < 4.78 is 1.96. The van der Waals surface area contributed by atoms with Crippen LogP contribution >= 0.6 is 45.2 Å². The average molecular weight is 450 g/mol. The van der Waals surface area contributed by atoms with Crippen molar-refractivity contribution in [1.82, 2.24) is 4.98 Å². The van der Waals surface area contributed by atoms with E-state index in [1.54, 1.807) is 18.3 Å². The molecule has 1 heterocycles. The maximum atomic E-state index is 12.0. The Kier molecular flexibility index (Phi) is 4.32. The Labute approximate surface area is 126 Å². The number of benzene rings is 1. The predicted molar refractivity (Wildman–Crippen MR) is 84.1 cm³/mol. The Morgan fingerprint density at radius 1 is 1.12 bits per heavy atom. The highest BCUT2D eigenvalue weighted by Gasteiger charge is 2.09. The van der Waals surface area contributed by atoms with E-state index in [1.165, 1.54) is 0 Å². The molecule has 0 aliphatic carbocycles. The number of hydrogen-bond donors (Lipinski definition) is 1. The lowest BCUT2D eigenvalue weighted by Gasteiger charge is -2.05. The third-order valence-corrected chi connectivity index (χ3v) is 3.67. The van der Waals surface area contributed by atoms with Crippen molar-refractivity contribution < 1.29 is 4.79 Å². The Morgan fingerprint density at radius 2 is 1.88 bits per heavy atom. The Hall–Kier alpha value is -0.700. The topological polar surface area (TPSA) is 42.0 Å². The van der Waals surface area contributed by atoms with Crippen molar-refractivity contribution in [1.29, 1.82) is 0 Å². The van der Waals surface area contributed by atoms with Gasteiger partial charge >= 0.3 is 0 Å². The van der Waals surface area contributed by atoms with Gasteiger partial charge in [-0.15, -0.1) is 0 Å². The fourth-order valence-electron chi connectivity index (χ4n) is 1.28. The number of carbonyl (C=O) groups excluding carboxylic acids is 1. The van der Waals surface area contributed by atoms with Crippen molar-refractivity contribution in [3.63, 3.8) is 0 Å². The molecule has 86 valence electrons. The average Bonchev–Trinajstić information content (AvgIpc) is 2.32. The van der Waals surface area contributed by atoms with E-state index < -0.39 is 0 Å². The van der Waals surface area contributed by atoms with Crippen LogP contribution in [0.3, 0.4) is 0 Å². The second-order valence-corrected chi connectivity index (χ2v) is 5.70. The number of nitrogens with one attached hydrogen (secondary N) is 1. The molecule has 2 rings (SSSR count). The Bertz CT molecular complexity index is 540. The van der Waals surface area contributed by atoms with Gasteiger partial charge < -0.3 is 5.32 Å². The molecule has 0 radical (unpaired) electrons. The molecule has 0 fully saturated rings. The summed E-state index contributed by atoms with van der Waals surface area (Å²) >= 11 is 4.31. The van der Waals surface area contributed by atoms with Gasteiger partial charge in [0.25, 0.3) is 5.91 Å². The molecule has 0 saturated carbocycles. The van der Waals surface area contributed by atoms with E-state index in [1.807, 2.05) is 24.3 Å². The molecule has 5 heteroatoms. The molecule has 0 unspecified atom stereocenters. The maximum absolute atomic E-state index is 12.0. The van der Waals surface area contributed by atoms with Crippen LogP contribution in [0.15, 0.2) is 42.6 Å². The molecular weight excluding hydrogens is 442 g/mol. The highest BCUT2D eigenvalue weighted by molar-refractivity contribution is 14.1. The molecule has 17 heavy (non-hydrogen) atoms. The van der Waals surface area contributed by atoms with Crippen LogP contribution in [-0.4, -0.2) is 10.9 Å². The van der Waals surface area contributed by atoms with Gasteiger partial charge in [0.2, 0.25) is 0 Å². The first kappa shape index (κ1) is 12.7. The molecule has 1 aromatic carbocycles. The van der Waals surface area contributed by atoms with Gasteiger partial charge in [0.15, 0.2) is 0 Å². The van der Waals surface area contributed by atoms with Gasteiger partial charge in [0, 0.05) is 13.3 Å². The lowest BCUT2D eigenvalue weighted by molar-refractivity contribution is 0.102. The molecule has 0 aliphatic heterocycles. The first-order valence-electron chi connectivity index (χ1n) is 4.84. The van der Waals surface area contributed by atoms with Gasteiger partial charge in [-0.05, 0) is 69.4 Å². The molecule has 0 saturated heterocycles. The van der Waals surface area contributed by atoms with E-state index in [4.69, 9.17) is 0 Å². The predicted octanol–water partition coefficient (Wildman–Crippen LogP) is 3.54. The number of halogens is 2. The standard InChI is InChI=1S/C12H8I2N2O/c13-8-5-6-11(15-7-8)16-12(17)9-3-1-2-4-10(9)14/h1-7H,(H,15,16,17). The highest BCUT2D eigenvalue weighted by atomic mass is 127. The van der Waals surface area contributed by atoms with E-state index >= 15 is 0 Å². The van der Waals surface area contributed by atoms with Crippen molar-refractivity contribution in [3.8, 4) is 0 Å². The van der Waals surface area contributed by atoms with Gasteiger partial charge in [0.1, 0.15) is 5.82 Å². The third-order valence-electron chi connectivity index (χ3n) is 2.09. The number of amides is 1. The van der Waals surface area contributed by atoms with E-state index in [-0.39, 0.29) is 5.91 Å². The number of carbonyl (C=O) groups is 1. The number of aromatic nitrogens is 1. The fourth-order valence-corrected chi connectivity index (χ4v) is 2.23. The van der Waals surface area contributed by atoms with E-state index in [2.05, 4.69) is 55.5 Å². The van der Waals surface area contributed by atoms with Crippen molar-refractivity contribution in [2.75, 3.05) is 5.32 Å². The van der Waals surface area contributed by atoms with Gasteiger partial charge in [-0.1, -0.05) is 12.1 Å². The zero-order chi connectivity index (χ0) is 12.3. The zero-order valence-electron chi connectivity index (χ0n) is 8.65. The van der Waals surface area contributed by atoms with Crippen LogP contribution in [0.2, 0.25) is 0 Å². The van der Waals surface area contributed by atoms with Crippen LogP contribution in [0, 0.1) is 7.14 Å². The smallest absolute Gasteiger partial charge is 0.257 e. The molecule has 1 aromatic heterocycles. The van der Waals surface area contributed by atoms with E-state index in [9.17, 15) is 4.79 Å². The minimum atomic E-state index is -0.135. The van der Waals surface area contributed by atoms with E-state index in [0.29, 0.717) is 11.4 Å². The van der Waals surface area contributed by atoms with Crippen LogP contribution in [-0.2, 0) is 0 Å². The molecule has 2 aromatic rings. The quantitative estimate of drug-likeness (QED) is 0.712. The summed E-state index contributed by atoms with van der Waals surface area (Å²) in [7, 11) is 0. The SMILES string of the molecule is O=C(Nc1ccc(I)cn1)c1ccccc1I. The van der Waals surface area contributed by atoms with Crippen LogP contribution in [0.4, 0.5) is 5.82 Å². The second-order valence-electron chi connectivity index (χ2n) is 3.30. The first-order chi connectivity index (χ1) is 8.16. The van der Waals surface area contributed by atoms with Crippen molar-refractivity contribution >= 4 is 56.9 Å². The Morgan fingerprint density at radius 3 is 2.53 bits per heavy atom. The Balaban J connectivity index is 2.17. The second kappa shape index (κ2) is 5.76. The number of anilines is 1. The summed E-state index contributed by atoms with van der Waals surface area (Å²) in [5, 5.41) is 2.77. The minimum Gasteiger partial charge on any atom is -0.307 e. The summed E-state index contributed by atoms with van der Waals surface area (Å²) in [6, 6.07) is 11.1. The van der Waals surface area contributed by atoms with Gasteiger partial charge in [0.05, 0.1) is 5.56 Å². The van der Waals surface area contributed by atoms with Crippen LogP contribution in [0.1, 0.15) is 10.4 Å². The molecule has 1 amide bonds. The summed E-state index contributed by atoms with van der Waals surface area (Å²) in [5.74, 6) is 0.429. The van der Waals surface area contributed by atoms with Gasteiger partial charge in [-0.3, -0.25) is 4.79 Å². The van der Waals surface area contributed by atoms with Crippen molar-refractivity contribution in [2.24, 2.45) is 0 Å². The normalized spacial score (nSPS) is 10.0. The molecule has 0 bridgehead atoms. The van der Waals surface area contributed by atoms with Crippen molar-refractivity contribution in [3.05, 3.63) is 55.3 Å². The van der Waals surface area contributed by atoms with Gasteiger partial charge in [-0.2, -0.15) is 0 Å². The molecule has 0 spiro atoms. The van der Waals surface area contributed by atoms with Crippen LogP contribution < -0.4 is 5.32 Å². The van der Waals surface area contributed by atoms with E-state index in [0.717, 1.165) is 7.14 Å². The first-order valence-corrected chi connectivity index (χ1v) is 7.00. The number of nitrogens with zero attached hydrogens (tertiary/aromatic N) is 1. The molecule has 0 aliphatic rings. The number of pyridine rings is 1. The minimum absolute atomic E-state index is 0.135. The summed E-state index contributed by atoms with van der Waals surface area (Å²) in [5.41, 5.74) is 0.661. The largest absolute Gasteiger partial charge is 0.307 e. The monoisotopic (exact) mass is 450 g/mol. The lowest BCUT2D eigenvalue weighted by Crippen LogP contribution is -2.14. The molecular formula is C12H8I2N2O. The molecule has 3 nitrogen and oxygen atoms in total. The summed E-state index contributed by atoms with van der Waals surface area (Å²) in [6.45, 7) is 0. The number of rotatable bonds is 2. The highest BCUT2D eigenvalue weighted by Crippen LogP contribution is 2.14. The van der Waals surface area contributed by atoms with Gasteiger partial charge in [-0.25, -0.2) is 4.98 Å². The lowest BCUT2D eigenvalue weighted by atomic mass is 10.2. The van der Waals surface area contributed by atoms with Crippen LogP contribution in [0.25, 0.3) is 0 Å².